The van der Waals surface area contributed by atoms with E-state index >= 15 is 0 Å². The first-order valence-electron chi connectivity index (χ1n) is 6.90. The zero-order valence-electron chi connectivity index (χ0n) is 12.4. The minimum atomic E-state index is 0.217. The van der Waals surface area contributed by atoms with Crippen LogP contribution in [0, 0.1) is 26.7 Å². The van der Waals surface area contributed by atoms with Crippen LogP contribution in [0.4, 0.5) is 5.69 Å². The van der Waals surface area contributed by atoms with E-state index in [0.29, 0.717) is 5.92 Å². The van der Waals surface area contributed by atoms with Gasteiger partial charge in [0.2, 0.25) is 0 Å². The fourth-order valence-electron chi connectivity index (χ4n) is 3.54. The largest absolute Gasteiger partial charge is 0.366 e. The van der Waals surface area contributed by atoms with Crippen LogP contribution in [0.2, 0.25) is 0 Å². The first-order valence-corrected chi connectivity index (χ1v) is 6.90. The molecule has 2 rings (SSSR count). The number of benzene rings is 1. The van der Waals surface area contributed by atoms with E-state index < -0.39 is 0 Å². The highest BCUT2D eigenvalue weighted by atomic mass is 15.2. The molecule has 0 amide bonds. The summed E-state index contributed by atoms with van der Waals surface area (Å²) in [5, 5.41) is 0. The summed E-state index contributed by atoms with van der Waals surface area (Å²) < 4.78 is 0. The molecule has 1 aromatic rings. The molecule has 0 aromatic heterocycles. The zero-order chi connectivity index (χ0) is 13.5. The summed E-state index contributed by atoms with van der Waals surface area (Å²) in [4.78, 5) is 2.56. The molecule has 100 valence electrons. The first-order chi connectivity index (χ1) is 8.35. The molecule has 1 fully saturated rings. The van der Waals surface area contributed by atoms with Crippen LogP contribution in [0.25, 0.3) is 0 Å². The van der Waals surface area contributed by atoms with Gasteiger partial charge in [-0.25, -0.2) is 0 Å². The second-order valence-electron chi connectivity index (χ2n) is 6.48. The van der Waals surface area contributed by atoms with Crippen LogP contribution in [-0.4, -0.2) is 18.6 Å². The van der Waals surface area contributed by atoms with Crippen molar-refractivity contribution in [3.63, 3.8) is 0 Å². The maximum atomic E-state index is 5.87. The van der Waals surface area contributed by atoms with Crippen molar-refractivity contribution in [3.8, 4) is 0 Å². The van der Waals surface area contributed by atoms with Crippen molar-refractivity contribution in [2.45, 2.75) is 46.6 Å². The van der Waals surface area contributed by atoms with Crippen LogP contribution >= 0.6 is 0 Å². The van der Waals surface area contributed by atoms with Crippen molar-refractivity contribution in [1.29, 1.82) is 0 Å². The van der Waals surface area contributed by atoms with Gasteiger partial charge in [-0.15, -0.1) is 0 Å². The number of aryl methyl sites for hydroxylation is 3. The lowest BCUT2D eigenvalue weighted by molar-refractivity contribution is 0.476. The highest BCUT2D eigenvalue weighted by Crippen LogP contribution is 2.39. The van der Waals surface area contributed by atoms with Crippen LogP contribution in [0.3, 0.4) is 0 Å². The molecule has 1 heterocycles. The predicted octanol–water partition coefficient (Wildman–Crippen LogP) is 3.18. The Morgan fingerprint density at radius 2 is 1.78 bits per heavy atom. The third kappa shape index (κ3) is 2.26. The van der Waals surface area contributed by atoms with E-state index in [2.05, 4.69) is 51.7 Å². The van der Waals surface area contributed by atoms with Gasteiger partial charge in [0.05, 0.1) is 0 Å². The van der Waals surface area contributed by atoms with Crippen LogP contribution in [0.1, 0.15) is 37.0 Å². The van der Waals surface area contributed by atoms with Gasteiger partial charge in [-0.2, -0.15) is 0 Å². The van der Waals surface area contributed by atoms with Crippen molar-refractivity contribution >= 4 is 5.69 Å². The molecule has 1 aliphatic rings. The topological polar surface area (TPSA) is 29.3 Å². The van der Waals surface area contributed by atoms with E-state index in [9.17, 15) is 0 Å². The number of anilines is 1. The second-order valence-corrected chi connectivity index (χ2v) is 6.48. The molecular weight excluding hydrogens is 220 g/mol. The summed E-state index contributed by atoms with van der Waals surface area (Å²) in [7, 11) is 0. The highest BCUT2D eigenvalue weighted by molar-refractivity contribution is 5.62. The Morgan fingerprint density at radius 3 is 2.22 bits per heavy atom. The van der Waals surface area contributed by atoms with Crippen LogP contribution < -0.4 is 10.6 Å². The maximum absolute atomic E-state index is 5.87. The predicted molar refractivity (Wildman–Crippen MR) is 79.2 cm³/mol. The van der Waals surface area contributed by atoms with Gasteiger partial charge in [-0.1, -0.05) is 17.7 Å². The normalized spacial score (nSPS) is 22.6. The Morgan fingerprint density at radius 1 is 1.22 bits per heavy atom. The van der Waals surface area contributed by atoms with Gasteiger partial charge >= 0.3 is 0 Å². The molecule has 1 aliphatic heterocycles. The van der Waals surface area contributed by atoms with Crippen molar-refractivity contribution in [1.82, 2.24) is 0 Å². The molecule has 0 spiro atoms. The minimum absolute atomic E-state index is 0.217. The summed E-state index contributed by atoms with van der Waals surface area (Å²) in [5.41, 5.74) is 11.6. The number of rotatable bonds is 2. The van der Waals surface area contributed by atoms with Crippen LogP contribution in [0.15, 0.2) is 12.1 Å². The van der Waals surface area contributed by atoms with Crippen molar-refractivity contribution in [3.05, 3.63) is 28.8 Å². The Hall–Kier alpha value is -1.02. The van der Waals surface area contributed by atoms with Gasteiger partial charge in [-0.05, 0) is 64.6 Å². The van der Waals surface area contributed by atoms with E-state index in [-0.39, 0.29) is 5.54 Å². The molecule has 2 heteroatoms. The summed E-state index contributed by atoms with van der Waals surface area (Å²) in [6, 6.07) is 4.57. The van der Waals surface area contributed by atoms with E-state index in [1.165, 1.54) is 28.8 Å². The Bertz CT molecular complexity index is 425. The molecule has 1 unspecified atom stereocenters. The summed E-state index contributed by atoms with van der Waals surface area (Å²) in [5.74, 6) is 0.625. The molecule has 1 atom stereocenters. The standard InChI is InChI=1S/C16H26N2/c1-11-6-12(2)15(13(3)7-11)18-10-14(9-17)8-16(18,4)5/h6-7,14H,8-10,17H2,1-5H3. The van der Waals surface area contributed by atoms with Crippen LogP contribution in [-0.2, 0) is 0 Å². The molecule has 2 nitrogen and oxygen atoms in total. The quantitative estimate of drug-likeness (QED) is 0.868. The maximum Gasteiger partial charge on any atom is 0.0430 e. The fourth-order valence-corrected chi connectivity index (χ4v) is 3.54. The summed E-state index contributed by atoms with van der Waals surface area (Å²) in [6.07, 6.45) is 1.19. The number of nitrogens with two attached hydrogens (primary N) is 1. The lowest BCUT2D eigenvalue weighted by Gasteiger charge is -2.36. The summed E-state index contributed by atoms with van der Waals surface area (Å²) in [6.45, 7) is 13.2. The Balaban J connectivity index is 2.43. The van der Waals surface area contributed by atoms with Gasteiger partial charge in [0.15, 0.2) is 0 Å². The monoisotopic (exact) mass is 246 g/mol. The van der Waals surface area contributed by atoms with E-state index in [1.807, 2.05) is 0 Å². The van der Waals surface area contributed by atoms with Gasteiger partial charge in [0.1, 0.15) is 0 Å². The minimum Gasteiger partial charge on any atom is -0.366 e. The molecule has 0 radical (unpaired) electrons. The van der Waals surface area contributed by atoms with Gasteiger partial charge in [0.25, 0.3) is 0 Å². The summed E-state index contributed by atoms with van der Waals surface area (Å²) >= 11 is 0. The molecular formula is C16H26N2. The van der Waals surface area contributed by atoms with Gasteiger partial charge < -0.3 is 10.6 Å². The molecule has 18 heavy (non-hydrogen) atoms. The zero-order valence-corrected chi connectivity index (χ0v) is 12.4. The molecule has 0 saturated carbocycles. The van der Waals surface area contributed by atoms with Gasteiger partial charge in [0, 0.05) is 17.8 Å². The average molecular weight is 246 g/mol. The number of hydrogen-bond acceptors (Lipinski definition) is 2. The third-order valence-corrected chi connectivity index (χ3v) is 4.20. The van der Waals surface area contributed by atoms with E-state index in [4.69, 9.17) is 5.73 Å². The smallest absolute Gasteiger partial charge is 0.0430 e. The highest BCUT2D eigenvalue weighted by Gasteiger charge is 2.38. The molecule has 1 aromatic carbocycles. The fraction of sp³-hybridized carbons (Fsp3) is 0.625. The first kappa shape index (κ1) is 13.4. The van der Waals surface area contributed by atoms with Crippen LogP contribution in [0.5, 0.6) is 0 Å². The molecule has 0 bridgehead atoms. The van der Waals surface area contributed by atoms with E-state index in [1.54, 1.807) is 0 Å². The number of hydrogen-bond donors (Lipinski definition) is 1. The SMILES string of the molecule is Cc1cc(C)c(N2CC(CN)CC2(C)C)c(C)c1. The molecule has 0 aliphatic carbocycles. The molecule has 2 N–H and O–H groups in total. The third-order valence-electron chi connectivity index (χ3n) is 4.20. The molecule has 1 saturated heterocycles. The second kappa shape index (κ2) is 4.58. The van der Waals surface area contributed by atoms with Gasteiger partial charge in [-0.3, -0.25) is 0 Å². The Labute approximate surface area is 111 Å². The average Bonchev–Trinajstić information content (AvgIpc) is 2.53. The van der Waals surface area contributed by atoms with Crippen molar-refractivity contribution < 1.29 is 0 Å². The number of nitrogens with zero attached hydrogens (tertiary/aromatic N) is 1. The van der Waals surface area contributed by atoms with E-state index in [0.717, 1.165) is 13.1 Å². The lowest BCUT2D eigenvalue weighted by atomic mass is 9.95. The van der Waals surface area contributed by atoms with Crippen molar-refractivity contribution in [2.75, 3.05) is 18.0 Å². The lowest BCUT2D eigenvalue weighted by Crippen LogP contribution is -2.39. The van der Waals surface area contributed by atoms with Crippen molar-refractivity contribution in [2.24, 2.45) is 11.7 Å². The Kier molecular flexibility index (Phi) is 3.41.